The minimum Gasteiger partial charge on any atom is -0.463 e. The zero-order valence-electron chi connectivity index (χ0n) is 12.0. The Bertz CT molecular complexity index is 661. The van der Waals surface area contributed by atoms with Crippen molar-refractivity contribution in [2.24, 2.45) is 0 Å². The predicted molar refractivity (Wildman–Crippen MR) is 86.4 cm³/mol. The summed E-state index contributed by atoms with van der Waals surface area (Å²) in [6, 6.07) is 14.7. The van der Waals surface area contributed by atoms with Gasteiger partial charge in [-0.2, -0.15) is 0 Å². The molecule has 1 unspecified atom stereocenters. The number of nitrogens with zero attached hydrogens (tertiary/aromatic N) is 1. The van der Waals surface area contributed by atoms with Gasteiger partial charge in [0, 0.05) is 24.4 Å². The highest BCUT2D eigenvalue weighted by Crippen LogP contribution is 2.22. The number of hydrogen-bond acceptors (Lipinski definition) is 4. The summed E-state index contributed by atoms with van der Waals surface area (Å²) in [5, 5.41) is 6.72. The molecule has 0 radical (unpaired) electrons. The largest absolute Gasteiger partial charge is 0.463 e. The van der Waals surface area contributed by atoms with Crippen LogP contribution in [0.5, 0.6) is 0 Å². The van der Waals surface area contributed by atoms with E-state index in [0.29, 0.717) is 6.04 Å². The van der Waals surface area contributed by atoms with Crippen LogP contribution in [0.1, 0.15) is 23.5 Å². The summed E-state index contributed by atoms with van der Waals surface area (Å²) in [7, 11) is 0. The molecule has 1 atom stereocenters. The van der Waals surface area contributed by atoms with Crippen LogP contribution in [0.4, 0.5) is 0 Å². The monoisotopic (exact) mass is 298 g/mol. The summed E-state index contributed by atoms with van der Waals surface area (Å²) in [6.07, 6.45) is 2.61. The summed E-state index contributed by atoms with van der Waals surface area (Å²) in [5.74, 6) is 0.836. The van der Waals surface area contributed by atoms with Crippen molar-refractivity contribution in [3.63, 3.8) is 0 Å². The van der Waals surface area contributed by atoms with Crippen molar-refractivity contribution in [2.45, 2.75) is 19.4 Å². The van der Waals surface area contributed by atoms with E-state index in [-0.39, 0.29) is 0 Å². The van der Waals surface area contributed by atoms with Gasteiger partial charge in [0.1, 0.15) is 5.69 Å². The number of hydrogen-bond donors (Lipinski definition) is 1. The van der Waals surface area contributed by atoms with Gasteiger partial charge in [0.05, 0.1) is 11.3 Å². The van der Waals surface area contributed by atoms with Crippen molar-refractivity contribution in [3.8, 4) is 11.5 Å². The molecule has 0 spiro atoms. The molecular weight excluding hydrogens is 280 g/mol. The van der Waals surface area contributed by atoms with E-state index >= 15 is 0 Å². The molecule has 1 aromatic carbocycles. The van der Waals surface area contributed by atoms with E-state index in [1.807, 2.05) is 18.2 Å². The predicted octanol–water partition coefficient (Wildman–Crippen LogP) is 4.30. The molecule has 0 saturated carbocycles. The molecule has 4 heteroatoms. The molecule has 2 heterocycles. The zero-order chi connectivity index (χ0) is 14.5. The average Bonchev–Trinajstić information content (AvgIpc) is 3.19. The van der Waals surface area contributed by atoms with Crippen LogP contribution in [-0.4, -0.2) is 11.5 Å². The molecule has 3 nitrogen and oxygen atoms in total. The van der Waals surface area contributed by atoms with Gasteiger partial charge in [-0.25, -0.2) is 4.98 Å². The zero-order valence-corrected chi connectivity index (χ0v) is 12.8. The second-order valence-corrected chi connectivity index (χ2v) is 5.88. The lowest BCUT2D eigenvalue weighted by atomic mass is 10.1. The van der Waals surface area contributed by atoms with E-state index in [2.05, 4.69) is 46.9 Å². The first-order valence-electron chi connectivity index (χ1n) is 7.09. The molecule has 0 saturated heterocycles. The topological polar surface area (TPSA) is 38.1 Å². The van der Waals surface area contributed by atoms with E-state index in [1.165, 1.54) is 5.56 Å². The molecule has 0 amide bonds. The second-order valence-electron chi connectivity index (χ2n) is 4.94. The van der Waals surface area contributed by atoms with Crippen molar-refractivity contribution in [2.75, 3.05) is 6.54 Å². The first-order valence-corrected chi connectivity index (χ1v) is 7.97. The van der Waals surface area contributed by atoms with Gasteiger partial charge < -0.3 is 9.73 Å². The first-order chi connectivity index (χ1) is 10.3. The smallest absolute Gasteiger partial charge is 0.153 e. The fraction of sp³-hybridized carbons (Fsp3) is 0.235. The number of aromatic nitrogens is 1. The third kappa shape index (κ3) is 3.60. The van der Waals surface area contributed by atoms with Crippen molar-refractivity contribution < 1.29 is 4.42 Å². The normalized spacial score (nSPS) is 12.4. The number of furan rings is 1. The Hall–Kier alpha value is -1.91. The highest BCUT2D eigenvalue weighted by atomic mass is 32.1. The summed E-state index contributed by atoms with van der Waals surface area (Å²) in [6.45, 7) is 3.10. The minimum atomic E-state index is 0.357. The minimum absolute atomic E-state index is 0.357. The van der Waals surface area contributed by atoms with Gasteiger partial charge in [-0.1, -0.05) is 30.3 Å². The van der Waals surface area contributed by atoms with E-state index in [0.717, 1.165) is 29.4 Å². The highest BCUT2D eigenvalue weighted by Gasteiger charge is 2.08. The number of benzene rings is 1. The number of rotatable bonds is 6. The lowest BCUT2D eigenvalue weighted by Gasteiger charge is -2.13. The Morgan fingerprint density at radius 1 is 1.19 bits per heavy atom. The molecule has 108 valence electrons. The van der Waals surface area contributed by atoms with Gasteiger partial charge >= 0.3 is 0 Å². The van der Waals surface area contributed by atoms with Crippen LogP contribution in [0.2, 0.25) is 0 Å². The number of thiazole rings is 1. The van der Waals surface area contributed by atoms with Gasteiger partial charge in [-0.15, -0.1) is 11.3 Å². The van der Waals surface area contributed by atoms with Crippen molar-refractivity contribution in [3.05, 3.63) is 64.7 Å². The van der Waals surface area contributed by atoms with Gasteiger partial charge in [-0.05, 0) is 24.6 Å². The second kappa shape index (κ2) is 6.70. The average molecular weight is 298 g/mol. The highest BCUT2D eigenvalue weighted by molar-refractivity contribution is 7.09. The molecular formula is C17H18N2OS. The SMILES string of the molecule is CC(NCCc1nc(-c2ccco2)cs1)c1ccccc1. The van der Waals surface area contributed by atoms with Crippen molar-refractivity contribution in [1.29, 1.82) is 0 Å². The molecule has 0 aliphatic carbocycles. The van der Waals surface area contributed by atoms with Gasteiger partial charge in [0.2, 0.25) is 0 Å². The Morgan fingerprint density at radius 3 is 2.81 bits per heavy atom. The Balaban J connectivity index is 1.52. The molecule has 3 rings (SSSR count). The Kier molecular flexibility index (Phi) is 4.48. The molecule has 3 aromatic rings. The lowest BCUT2D eigenvalue weighted by Crippen LogP contribution is -2.21. The van der Waals surface area contributed by atoms with Crippen LogP contribution < -0.4 is 5.32 Å². The molecule has 0 bridgehead atoms. The first kappa shape index (κ1) is 14.0. The van der Waals surface area contributed by atoms with Crippen molar-refractivity contribution >= 4 is 11.3 Å². The van der Waals surface area contributed by atoms with Crippen LogP contribution in [0.25, 0.3) is 11.5 Å². The molecule has 2 aromatic heterocycles. The van der Waals surface area contributed by atoms with Crippen LogP contribution in [0, 0.1) is 0 Å². The molecule has 1 N–H and O–H groups in total. The van der Waals surface area contributed by atoms with Crippen LogP contribution >= 0.6 is 11.3 Å². The Morgan fingerprint density at radius 2 is 2.05 bits per heavy atom. The van der Waals surface area contributed by atoms with Crippen LogP contribution in [-0.2, 0) is 6.42 Å². The van der Waals surface area contributed by atoms with E-state index in [4.69, 9.17) is 4.42 Å². The fourth-order valence-electron chi connectivity index (χ4n) is 2.22. The summed E-state index contributed by atoms with van der Waals surface area (Å²) in [4.78, 5) is 4.61. The fourth-order valence-corrected chi connectivity index (χ4v) is 3.01. The quantitative estimate of drug-likeness (QED) is 0.737. The third-order valence-corrected chi connectivity index (χ3v) is 4.32. The van der Waals surface area contributed by atoms with E-state index < -0.39 is 0 Å². The van der Waals surface area contributed by atoms with E-state index in [9.17, 15) is 0 Å². The van der Waals surface area contributed by atoms with Gasteiger partial charge in [-0.3, -0.25) is 0 Å². The molecule has 0 aliphatic rings. The van der Waals surface area contributed by atoms with E-state index in [1.54, 1.807) is 17.6 Å². The maximum atomic E-state index is 5.36. The maximum Gasteiger partial charge on any atom is 0.153 e. The molecule has 0 fully saturated rings. The van der Waals surface area contributed by atoms with Crippen molar-refractivity contribution in [1.82, 2.24) is 10.3 Å². The van der Waals surface area contributed by atoms with Crippen LogP contribution in [0.3, 0.4) is 0 Å². The molecule has 0 aliphatic heterocycles. The molecule has 21 heavy (non-hydrogen) atoms. The van der Waals surface area contributed by atoms with Gasteiger partial charge in [0.25, 0.3) is 0 Å². The standard InChI is InChI=1S/C17H18N2OS/c1-13(14-6-3-2-4-7-14)18-10-9-17-19-15(12-21-17)16-8-5-11-20-16/h2-8,11-13,18H,9-10H2,1H3. The van der Waals surface area contributed by atoms with Gasteiger partial charge in [0.15, 0.2) is 5.76 Å². The van der Waals surface area contributed by atoms with Crippen LogP contribution in [0.15, 0.2) is 58.5 Å². The summed E-state index contributed by atoms with van der Waals surface area (Å²) < 4.78 is 5.36. The summed E-state index contributed by atoms with van der Waals surface area (Å²) >= 11 is 1.68. The number of nitrogens with one attached hydrogen (secondary N) is 1. The maximum absolute atomic E-state index is 5.36. The lowest BCUT2D eigenvalue weighted by molar-refractivity contribution is 0.573. The Labute approximate surface area is 128 Å². The summed E-state index contributed by atoms with van der Waals surface area (Å²) in [5.41, 5.74) is 2.24. The third-order valence-electron chi connectivity index (χ3n) is 3.41.